The molecule has 0 atom stereocenters. The minimum absolute atomic E-state index is 0.0276. The van der Waals surface area contributed by atoms with Gasteiger partial charge >= 0.3 is 0 Å². The van der Waals surface area contributed by atoms with E-state index in [-0.39, 0.29) is 11.8 Å². The summed E-state index contributed by atoms with van der Waals surface area (Å²) in [5.74, 6) is 0.0175. The molecule has 4 nitrogen and oxygen atoms in total. The van der Waals surface area contributed by atoms with Gasteiger partial charge in [0.25, 0.3) is 0 Å². The van der Waals surface area contributed by atoms with Crippen LogP contribution in [-0.2, 0) is 4.79 Å². The molecule has 0 bridgehead atoms. The maximum atomic E-state index is 11.6. The molecular weight excluding hydrogens is 458 g/mol. The van der Waals surface area contributed by atoms with E-state index in [1.807, 2.05) is 24.5 Å². The van der Waals surface area contributed by atoms with Crippen LogP contribution in [0.5, 0.6) is 0 Å². The Morgan fingerprint density at radius 2 is 1.46 bits per heavy atom. The number of amides is 1. The van der Waals surface area contributed by atoms with Gasteiger partial charge in [0.05, 0.1) is 0 Å². The lowest BCUT2D eigenvalue weighted by Crippen LogP contribution is -2.26. The SMILES string of the molecule is CC(=O)NCC(c1c[nH]c2cc(Br)ccc12)c1c[nH]c2cc(Br)ccc12. The fourth-order valence-electron chi connectivity index (χ4n) is 3.45. The average Bonchev–Trinajstić information content (AvgIpc) is 3.19. The summed E-state index contributed by atoms with van der Waals surface area (Å²) in [5.41, 5.74) is 4.49. The number of rotatable bonds is 4. The van der Waals surface area contributed by atoms with E-state index in [0.29, 0.717) is 6.54 Å². The molecule has 3 N–H and O–H groups in total. The predicted octanol–water partition coefficient (Wildman–Crippen LogP) is 5.44. The van der Waals surface area contributed by atoms with Crippen molar-refractivity contribution in [1.29, 1.82) is 0 Å². The van der Waals surface area contributed by atoms with Crippen LogP contribution in [0.25, 0.3) is 21.8 Å². The molecule has 0 aliphatic rings. The average molecular weight is 475 g/mol. The second-order valence-electron chi connectivity index (χ2n) is 6.36. The van der Waals surface area contributed by atoms with E-state index in [1.54, 1.807) is 6.92 Å². The molecule has 1 amide bonds. The lowest BCUT2D eigenvalue weighted by Gasteiger charge is -2.17. The molecule has 0 unspecified atom stereocenters. The van der Waals surface area contributed by atoms with Crippen molar-refractivity contribution in [1.82, 2.24) is 15.3 Å². The largest absolute Gasteiger partial charge is 0.361 e. The summed E-state index contributed by atoms with van der Waals surface area (Å²) in [5, 5.41) is 5.31. The van der Waals surface area contributed by atoms with E-state index >= 15 is 0 Å². The topological polar surface area (TPSA) is 60.7 Å². The third-order valence-corrected chi connectivity index (χ3v) is 5.64. The Labute approximate surface area is 167 Å². The van der Waals surface area contributed by atoms with Gasteiger partial charge in [-0.1, -0.05) is 44.0 Å². The van der Waals surface area contributed by atoms with Gasteiger partial charge in [-0.2, -0.15) is 0 Å². The zero-order valence-corrected chi connectivity index (χ0v) is 17.2. The Hall–Kier alpha value is -2.05. The zero-order valence-electron chi connectivity index (χ0n) is 14.1. The van der Waals surface area contributed by atoms with Gasteiger partial charge in [-0.15, -0.1) is 0 Å². The van der Waals surface area contributed by atoms with E-state index in [1.165, 1.54) is 11.1 Å². The van der Waals surface area contributed by atoms with Crippen LogP contribution in [-0.4, -0.2) is 22.4 Å². The molecule has 0 saturated carbocycles. The van der Waals surface area contributed by atoms with E-state index < -0.39 is 0 Å². The maximum absolute atomic E-state index is 11.6. The number of carbonyl (C=O) groups is 1. The van der Waals surface area contributed by atoms with Crippen LogP contribution in [0.4, 0.5) is 0 Å². The highest BCUT2D eigenvalue weighted by Gasteiger charge is 2.21. The molecule has 0 saturated heterocycles. The van der Waals surface area contributed by atoms with Gasteiger partial charge < -0.3 is 15.3 Å². The molecule has 2 heterocycles. The molecular formula is C20H17Br2N3O. The number of hydrogen-bond donors (Lipinski definition) is 3. The highest BCUT2D eigenvalue weighted by molar-refractivity contribution is 9.10. The highest BCUT2D eigenvalue weighted by Crippen LogP contribution is 2.35. The lowest BCUT2D eigenvalue weighted by atomic mass is 9.90. The van der Waals surface area contributed by atoms with Gasteiger partial charge in [-0.3, -0.25) is 4.79 Å². The quantitative estimate of drug-likeness (QED) is 0.362. The zero-order chi connectivity index (χ0) is 18.3. The highest BCUT2D eigenvalue weighted by atomic mass is 79.9. The monoisotopic (exact) mass is 473 g/mol. The molecule has 6 heteroatoms. The van der Waals surface area contributed by atoms with Gasteiger partial charge in [0, 0.05) is 62.5 Å². The van der Waals surface area contributed by atoms with Crippen molar-refractivity contribution in [3.63, 3.8) is 0 Å². The molecule has 26 heavy (non-hydrogen) atoms. The van der Waals surface area contributed by atoms with Crippen LogP contribution >= 0.6 is 31.9 Å². The fourth-order valence-corrected chi connectivity index (χ4v) is 4.17. The summed E-state index contributed by atoms with van der Waals surface area (Å²) >= 11 is 7.04. The number of fused-ring (bicyclic) bond motifs is 2. The predicted molar refractivity (Wildman–Crippen MR) is 113 cm³/mol. The second kappa shape index (κ2) is 6.93. The molecule has 0 spiro atoms. The molecule has 2 aromatic carbocycles. The number of aromatic amines is 2. The normalized spacial score (nSPS) is 11.5. The van der Waals surface area contributed by atoms with Crippen molar-refractivity contribution >= 4 is 59.6 Å². The molecule has 2 aromatic heterocycles. The van der Waals surface area contributed by atoms with Crippen molar-refractivity contribution in [2.75, 3.05) is 6.54 Å². The number of H-pyrrole nitrogens is 2. The fraction of sp³-hybridized carbons (Fsp3) is 0.150. The summed E-state index contributed by atoms with van der Waals surface area (Å²) in [4.78, 5) is 18.3. The van der Waals surface area contributed by atoms with Crippen molar-refractivity contribution in [3.05, 3.63) is 68.9 Å². The third kappa shape index (κ3) is 3.19. The first-order valence-electron chi connectivity index (χ1n) is 8.30. The Bertz CT molecular complexity index is 1030. The Kier molecular flexibility index (Phi) is 4.63. The minimum Gasteiger partial charge on any atom is -0.361 e. The first-order chi connectivity index (χ1) is 12.5. The summed E-state index contributed by atoms with van der Waals surface area (Å²) in [6.45, 7) is 2.09. The Morgan fingerprint density at radius 3 is 1.92 bits per heavy atom. The molecule has 4 aromatic rings. The number of halogens is 2. The van der Waals surface area contributed by atoms with Gasteiger partial charge in [-0.05, 0) is 35.4 Å². The molecule has 0 aliphatic heterocycles. The van der Waals surface area contributed by atoms with Crippen LogP contribution < -0.4 is 5.32 Å². The summed E-state index contributed by atoms with van der Waals surface area (Å²) < 4.78 is 2.07. The van der Waals surface area contributed by atoms with Crippen molar-refractivity contribution in [2.24, 2.45) is 0 Å². The van der Waals surface area contributed by atoms with Crippen LogP contribution in [0.15, 0.2) is 57.7 Å². The van der Waals surface area contributed by atoms with E-state index in [0.717, 1.165) is 30.8 Å². The summed E-state index contributed by atoms with van der Waals surface area (Å²) in [6, 6.07) is 12.4. The summed E-state index contributed by atoms with van der Waals surface area (Å²) in [6.07, 6.45) is 4.09. The van der Waals surface area contributed by atoms with Gasteiger partial charge in [0.15, 0.2) is 0 Å². The second-order valence-corrected chi connectivity index (χ2v) is 8.19. The van der Waals surface area contributed by atoms with Crippen molar-refractivity contribution < 1.29 is 4.79 Å². The van der Waals surface area contributed by atoms with Gasteiger partial charge in [0.1, 0.15) is 0 Å². The molecule has 0 radical (unpaired) electrons. The molecule has 0 aliphatic carbocycles. The number of aromatic nitrogens is 2. The van der Waals surface area contributed by atoms with Crippen LogP contribution in [0, 0.1) is 0 Å². The number of nitrogens with one attached hydrogen (secondary N) is 3. The van der Waals surface area contributed by atoms with Crippen molar-refractivity contribution in [2.45, 2.75) is 12.8 Å². The first-order valence-corrected chi connectivity index (χ1v) is 9.89. The smallest absolute Gasteiger partial charge is 0.216 e. The third-order valence-electron chi connectivity index (χ3n) is 4.66. The Balaban J connectivity index is 1.86. The van der Waals surface area contributed by atoms with E-state index in [4.69, 9.17) is 0 Å². The molecule has 0 fully saturated rings. The number of carbonyl (C=O) groups excluding carboxylic acids is 1. The standard InChI is InChI=1S/C20H17Br2N3O/c1-11(26)23-8-18(16-9-24-19-6-12(21)2-4-14(16)19)17-10-25-20-7-13(22)3-5-15(17)20/h2-7,9-10,18,24-25H,8H2,1H3,(H,23,26). The summed E-state index contributed by atoms with van der Waals surface area (Å²) in [7, 11) is 0. The van der Waals surface area contributed by atoms with Crippen molar-refractivity contribution in [3.8, 4) is 0 Å². The minimum atomic E-state index is -0.0276. The molecule has 4 rings (SSSR count). The van der Waals surface area contributed by atoms with E-state index in [2.05, 4.69) is 71.4 Å². The number of benzene rings is 2. The maximum Gasteiger partial charge on any atom is 0.216 e. The van der Waals surface area contributed by atoms with Crippen LogP contribution in [0.2, 0.25) is 0 Å². The Morgan fingerprint density at radius 1 is 0.962 bits per heavy atom. The van der Waals surface area contributed by atoms with Crippen LogP contribution in [0.3, 0.4) is 0 Å². The molecule has 132 valence electrons. The van der Waals surface area contributed by atoms with Gasteiger partial charge in [-0.25, -0.2) is 0 Å². The van der Waals surface area contributed by atoms with Gasteiger partial charge in [0.2, 0.25) is 5.91 Å². The number of hydrogen-bond acceptors (Lipinski definition) is 1. The lowest BCUT2D eigenvalue weighted by molar-refractivity contribution is -0.118. The first kappa shape index (κ1) is 17.4. The van der Waals surface area contributed by atoms with E-state index in [9.17, 15) is 4.79 Å². The van der Waals surface area contributed by atoms with Crippen LogP contribution in [0.1, 0.15) is 24.0 Å².